The predicted octanol–water partition coefficient (Wildman–Crippen LogP) is 0.679. The van der Waals surface area contributed by atoms with Crippen molar-refractivity contribution in [2.75, 3.05) is 0 Å². The molecule has 2 aromatic rings. The smallest absolute Gasteiger partial charge is 0.335 e. The van der Waals surface area contributed by atoms with Gasteiger partial charge in [0.2, 0.25) is 5.88 Å². The highest BCUT2D eigenvalue weighted by molar-refractivity contribution is 5.43. The second-order valence-electron chi connectivity index (χ2n) is 3.54. The average molecular weight is 236 g/mol. The van der Waals surface area contributed by atoms with Crippen molar-refractivity contribution >= 4 is 0 Å². The minimum Gasteiger partial charge on any atom is -0.494 e. The summed E-state index contributed by atoms with van der Waals surface area (Å²) >= 11 is 0. The molecule has 0 spiro atoms. The summed E-state index contributed by atoms with van der Waals surface area (Å²) in [6.07, 6.45) is 0. The Hall–Kier alpha value is -2.37. The molecular weight excluding hydrogens is 227 g/mol. The first-order valence-corrected chi connectivity index (χ1v) is 4.81. The van der Waals surface area contributed by atoms with Gasteiger partial charge in [0.15, 0.2) is 0 Å². The van der Waals surface area contributed by atoms with Crippen LogP contribution in [0.15, 0.2) is 33.9 Å². The molecule has 1 aromatic carbocycles. The first-order chi connectivity index (χ1) is 8.00. The summed E-state index contributed by atoms with van der Waals surface area (Å²) in [7, 11) is 0. The quantitative estimate of drug-likeness (QED) is 0.764. The van der Waals surface area contributed by atoms with E-state index < -0.39 is 22.9 Å². The third kappa shape index (κ3) is 1.84. The number of nitrogens with zero attached hydrogens (tertiary/aromatic N) is 1. The third-order valence-electron chi connectivity index (χ3n) is 2.33. The lowest BCUT2D eigenvalue weighted by atomic mass is 10.2. The van der Waals surface area contributed by atoms with E-state index in [1.807, 2.05) is 4.98 Å². The van der Waals surface area contributed by atoms with Crippen LogP contribution in [0, 0.1) is 12.7 Å². The second-order valence-corrected chi connectivity index (χ2v) is 3.54. The van der Waals surface area contributed by atoms with Gasteiger partial charge in [-0.3, -0.25) is 9.78 Å². The maximum Gasteiger partial charge on any atom is 0.335 e. The summed E-state index contributed by atoms with van der Waals surface area (Å²) in [6, 6.07) is 5.06. The maximum atomic E-state index is 13.6. The Morgan fingerprint density at radius 2 is 2.06 bits per heavy atom. The molecule has 5 nitrogen and oxygen atoms in total. The monoisotopic (exact) mass is 236 g/mol. The number of halogens is 1. The van der Waals surface area contributed by atoms with Crippen LogP contribution in [-0.4, -0.2) is 14.7 Å². The van der Waals surface area contributed by atoms with Crippen molar-refractivity contribution in [1.82, 2.24) is 9.55 Å². The molecule has 1 heterocycles. The summed E-state index contributed by atoms with van der Waals surface area (Å²) in [5.41, 5.74) is -1.23. The fraction of sp³-hybridized carbons (Fsp3) is 0.0909. The molecule has 0 amide bonds. The van der Waals surface area contributed by atoms with E-state index in [2.05, 4.69) is 0 Å². The first-order valence-electron chi connectivity index (χ1n) is 4.81. The van der Waals surface area contributed by atoms with Gasteiger partial charge >= 0.3 is 5.69 Å². The Morgan fingerprint density at radius 1 is 1.35 bits per heavy atom. The molecule has 1 aromatic heterocycles. The molecule has 0 radical (unpaired) electrons. The number of aromatic amines is 1. The van der Waals surface area contributed by atoms with Crippen LogP contribution < -0.4 is 11.2 Å². The second kappa shape index (κ2) is 3.89. The van der Waals surface area contributed by atoms with Crippen LogP contribution in [0.4, 0.5) is 4.39 Å². The van der Waals surface area contributed by atoms with E-state index in [0.29, 0.717) is 10.1 Å². The van der Waals surface area contributed by atoms with Crippen molar-refractivity contribution in [3.63, 3.8) is 0 Å². The molecule has 17 heavy (non-hydrogen) atoms. The molecule has 0 bridgehead atoms. The summed E-state index contributed by atoms with van der Waals surface area (Å²) < 4.78 is 14.3. The number of hydrogen-bond acceptors (Lipinski definition) is 3. The average Bonchev–Trinajstić information content (AvgIpc) is 2.21. The maximum absolute atomic E-state index is 13.6. The van der Waals surface area contributed by atoms with E-state index in [4.69, 9.17) is 0 Å². The molecule has 0 aliphatic rings. The van der Waals surface area contributed by atoms with Gasteiger partial charge < -0.3 is 5.11 Å². The van der Waals surface area contributed by atoms with Crippen LogP contribution >= 0.6 is 0 Å². The van der Waals surface area contributed by atoms with Crippen LogP contribution in [-0.2, 0) is 0 Å². The number of aromatic hydroxyl groups is 1. The topological polar surface area (TPSA) is 75.1 Å². The first kappa shape index (κ1) is 11.1. The fourth-order valence-corrected chi connectivity index (χ4v) is 1.61. The number of nitrogens with one attached hydrogen (secondary N) is 1. The van der Waals surface area contributed by atoms with Gasteiger partial charge in [-0.25, -0.2) is 13.8 Å². The minimum atomic E-state index is -0.886. The number of hydrogen-bond donors (Lipinski definition) is 2. The number of rotatable bonds is 1. The van der Waals surface area contributed by atoms with Crippen LogP contribution in [0.1, 0.15) is 5.56 Å². The van der Waals surface area contributed by atoms with Crippen LogP contribution in [0.25, 0.3) is 5.69 Å². The number of aryl methyl sites for hydroxylation is 1. The van der Waals surface area contributed by atoms with E-state index in [1.54, 1.807) is 13.0 Å². The minimum absolute atomic E-state index is 0.0775. The molecular formula is C11H9FN2O3. The van der Waals surface area contributed by atoms with Gasteiger partial charge in [0.05, 0.1) is 11.8 Å². The van der Waals surface area contributed by atoms with Crippen molar-refractivity contribution in [3.05, 3.63) is 56.5 Å². The number of benzene rings is 1. The Balaban J connectivity index is 2.87. The van der Waals surface area contributed by atoms with E-state index in [-0.39, 0.29) is 5.69 Å². The van der Waals surface area contributed by atoms with E-state index in [0.717, 1.165) is 6.07 Å². The summed E-state index contributed by atoms with van der Waals surface area (Å²) in [4.78, 5) is 24.4. The normalized spacial score (nSPS) is 10.5. The highest BCUT2D eigenvalue weighted by atomic mass is 19.1. The zero-order valence-electron chi connectivity index (χ0n) is 8.90. The Bertz CT molecular complexity index is 668. The van der Waals surface area contributed by atoms with Crippen LogP contribution in [0.3, 0.4) is 0 Å². The van der Waals surface area contributed by atoms with Gasteiger partial charge in [-0.2, -0.15) is 0 Å². The highest BCUT2D eigenvalue weighted by Crippen LogP contribution is 2.19. The zero-order valence-corrected chi connectivity index (χ0v) is 8.90. The number of H-pyrrole nitrogens is 1. The lowest BCUT2D eigenvalue weighted by Gasteiger charge is -2.10. The molecule has 0 aliphatic heterocycles. The molecule has 2 rings (SSSR count). The van der Waals surface area contributed by atoms with E-state index in [9.17, 15) is 19.1 Å². The summed E-state index contributed by atoms with van der Waals surface area (Å²) in [5, 5.41) is 9.55. The SMILES string of the molecule is Cc1cccc(F)c1-n1c(O)cc(=O)[nH]c1=O. The molecule has 88 valence electrons. The number of para-hydroxylation sites is 1. The Morgan fingerprint density at radius 3 is 2.65 bits per heavy atom. The van der Waals surface area contributed by atoms with Gasteiger partial charge in [-0.1, -0.05) is 12.1 Å². The molecule has 0 aliphatic carbocycles. The van der Waals surface area contributed by atoms with Crippen molar-refractivity contribution in [2.24, 2.45) is 0 Å². The highest BCUT2D eigenvalue weighted by Gasteiger charge is 2.13. The summed E-state index contributed by atoms with van der Waals surface area (Å²) in [6.45, 7) is 1.59. The lowest BCUT2D eigenvalue weighted by molar-refractivity contribution is 0.427. The zero-order chi connectivity index (χ0) is 12.6. The molecule has 6 heteroatoms. The molecule has 0 atom stereocenters. The van der Waals surface area contributed by atoms with Crippen molar-refractivity contribution < 1.29 is 9.50 Å². The van der Waals surface area contributed by atoms with Gasteiger partial charge in [0, 0.05) is 0 Å². The fourth-order valence-electron chi connectivity index (χ4n) is 1.61. The molecule has 0 fully saturated rings. The standard InChI is InChI=1S/C11H9FN2O3/c1-6-3-2-4-7(12)10(6)14-9(16)5-8(15)13-11(14)17/h2-5,16H,1H3,(H,13,15,17). The lowest BCUT2D eigenvalue weighted by Crippen LogP contribution is -2.29. The van der Waals surface area contributed by atoms with Gasteiger partial charge in [-0.05, 0) is 18.6 Å². The Labute approximate surface area is 94.8 Å². The largest absolute Gasteiger partial charge is 0.494 e. The predicted molar refractivity (Wildman–Crippen MR) is 59.0 cm³/mol. The molecule has 2 N–H and O–H groups in total. The van der Waals surface area contributed by atoms with Crippen LogP contribution in [0.2, 0.25) is 0 Å². The Kier molecular flexibility index (Phi) is 2.55. The van der Waals surface area contributed by atoms with E-state index >= 15 is 0 Å². The van der Waals surface area contributed by atoms with Gasteiger partial charge in [0.25, 0.3) is 5.56 Å². The summed E-state index contributed by atoms with van der Waals surface area (Å²) in [5.74, 6) is -1.26. The van der Waals surface area contributed by atoms with Crippen LogP contribution in [0.5, 0.6) is 5.88 Å². The third-order valence-corrected chi connectivity index (χ3v) is 2.33. The van der Waals surface area contributed by atoms with Gasteiger partial charge in [0.1, 0.15) is 5.82 Å². The molecule has 0 saturated heterocycles. The van der Waals surface area contributed by atoms with Gasteiger partial charge in [-0.15, -0.1) is 0 Å². The van der Waals surface area contributed by atoms with Crippen molar-refractivity contribution in [3.8, 4) is 11.6 Å². The molecule has 0 unspecified atom stereocenters. The van der Waals surface area contributed by atoms with Crippen molar-refractivity contribution in [2.45, 2.75) is 6.92 Å². The van der Waals surface area contributed by atoms with Crippen molar-refractivity contribution in [1.29, 1.82) is 0 Å². The number of aromatic nitrogens is 2. The van der Waals surface area contributed by atoms with E-state index in [1.165, 1.54) is 12.1 Å². The molecule has 0 saturated carbocycles.